The maximum Gasteiger partial charge on any atom is 0.306 e. The number of ether oxygens (including phenoxy) is 3. The molecule has 0 aliphatic rings. The van der Waals surface area contributed by atoms with Gasteiger partial charge in [0.15, 0.2) is 6.10 Å². The van der Waals surface area contributed by atoms with Gasteiger partial charge in [-0.05, 0) is 38.5 Å². The lowest BCUT2D eigenvalue weighted by Crippen LogP contribution is -2.30. The van der Waals surface area contributed by atoms with Gasteiger partial charge in [-0.15, -0.1) is 0 Å². The summed E-state index contributed by atoms with van der Waals surface area (Å²) >= 11 is 0. The van der Waals surface area contributed by atoms with Crippen molar-refractivity contribution in [2.75, 3.05) is 13.2 Å². The minimum atomic E-state index is -0.777. The minimum Gasteiger partial charge on any atom is -0.462 e. The van der Waals surface area contributed by atoms with Gasteiger partial charge in [-0.1, -0.05) is 243 Å². The zero-order valence-corrected chi connectivity index (χ0v) is 39.0. The molecular weight excluding hydrogens is 733 g/mol. The number of unbranched alkanes of at least 4 members (excludes halogenated alkanes) is 29. The predicted octanol–water partition coefficient (Wildman–Crippen LogP) is 16.3. The van der Waals surface area contributed by atoms with Crippen molar-refractivity contribution in [1.82, 2.24) is 0 Å². The molecule has 0 aliphatic carbocycles. The standard InChI is InChI=1S/C53H94O6/c1-4-7-10-13-16-19-22-25-27-29-31-34-37-40-43-46-52(55)58-49-50(48-57-51(54)45-42-39-36-33-30-24-21-18-15-12-9-6-3)59-53(56)47-44-41-38-35-32-28-26-23-20-17-14-11-8-5-2/h7,10,13,16,19,22,25,27,50H,4-6,8-9,11-12,14-15,17-18,20-21,23-24,26,28-49H2,1-3H3/b10-7-,16-13-,22-19-,27-25-. The van der Waals surface area contributed by atoms with Crippen LogP contribution in [-0.2, 0) is 28.6 Å². The number of rotatable bonds is 45. The fourth-order valence-electron chi connectivity index (χ4n) is 7.16. The van der Waals surface area contributed by atoms with E-state index in [2.05, 4.69) is 51.2 Å². The van der Waals surface area contributed by atoms with Crippen LogP contribution in [0.4, 0.5) is 0 Å². The van der Waals surface area contributed by atoms with Crippen molar-refractivity contribution < 1.29 is 28.6 Å². The molecule has 6 nitrogen and oxygen atoms in total. The fraction of sp³-hybridized carbons (Fsp3) is 0.792. The Morgan fingerprint density at radius 3 is 1.03 bits per heavy atom. The van der Waals surface area contributed by atoms with E-state index in [1.165, 1.54) is 128 Å². The van der Waals surface area contributed by atoms with Crippen molar-refractivity contribution in [2.24, 2.45) is 0 Å². The van der Waals surface area contributed by atoms with Gasteiger partial charge in [0, 0.05) is 19.3 Å². The summed E-state index contributed by atoms with van der Waals surface area (Å²) in [6.45, 7) is 6.49. The van der Waals surface area contributed by atoms with Crippen LogP contribution < -0.4 is 0 Å². The number of allylic oxidation sites excluding steroid dienone is 8. The third kappa shape index (κ3) is 46.3. The van der Waals surface area contributed by atoms with Crippen molar-refractivity contribution in [3.63, 3.8) is 0 Å². The molecule has 0 fully saturated rings. The summed E-state index contributed by atoms with van der Waals surface area (Å²) in [5.41, 5.74) is 0. The van der Waals surface area contributed by atoms with Crippen molar-refractivity contribution in [3.8, 4) is 0 Å². The van der Waals surface area contributed by atoms with Crippen LogP contribution in [0.1, 0.15) is 252 Å². The van der Waals surface area contributed by atoms with Gasteiger partial charge in [0.05, 0.1) is 0 Å². The molecule has 1 atom stereocenters. The lowest BCUT2D eigenvalue weighted by atomic mass is 10.0. The number of hydrogen-bond donors (Lipinski definition) is 0. The molecular formula is C53H94O6. The molecule has 0 bridgehead atoms. The van der Waals surface area contributed by atoms with Crippen LogP contribution in [0.25, 0.3) is 0 Å². The summed E-state index contributed by atoms with van der Waals surface area (Å²) in [5.74, 6) is -0.893. The minimum absolute atomic E-state index is 0.0773. The van der Waals surface area contributed by atoms with Crippen LogP contribution in [0.5, 0.6) is 0 Å². The van der Waals surface area contributed by atoms with E-state index in [-0.39, 0.29) is 31.1 Å². The molecule has 0 aromatic heterocycles. The average Bonchev–Trinajstić information content (AvgIpc) is 3.23. The van der Waals surface area contributed by atoms with Crippen LogP contribution in [-0.4, -0.2) is 37.2 Å². The molecule has 6 heteroatoms. The molecule has 59 heavy (non-hydrogen) atoms. The van der Waals surface area contributed by atoms with E-state index in [1.54, 1.807) is 0 Å². The summed E-state index contributed by atoms with van der Waals surface area (Å²) in [7, 11) is 0. The molecule has 0 radical (unpaired) electrons. The van der Waals surface area contributed by atoms with E-state index in [0.29, 0.717) is 19.3 Å². The third-order valence-corrected chi connectivity index (χ3v) is 10.9. The molecule has 0 aromatic rings. The van der Waals surface area contributed by atoms with Crippen LogP contribution in [0.2, 0.25) is 0 Å². The Morgan fingerprint density at radius 2 is 0.661 bits per heavy atom. The molecule has 342 valence electrons. The molecule has 0 aromatic carbocycles. The summed E-state index contributed by atoms with van der Waals surface area (Å²) in [6.07, 6.45) is 56.6. The Labute approximate surface area is 365 Å². The molecule has 0 heterocycles. The topological polar surface area (TPSA) is 78.9 Å². The van der Waals surface area contributed by atoms with Crippen LogP contribution in [0.3, 0.4) is 0 Å². The van der Waals surface area contributed by atoms with Gasteiger partial charge in [0.25, 0.3) is 0 Å². The predicted molar refractivity (Wildman–Crippen MR) is 252 cm³/mol. The van der Waals surface area contributed by atoms with Gasteiger partial charge in [-0.2, -0.15) is 0 Å². The van der Waals surface area contributed by atoms with Crippen LogP contribution in [0.15, 0.2) is 48.6 Å². The lowest BCUT2D eigenvalue weighted by molar-refractivity contribution is -0.167. The fourth-order valence-corrected chi connectivity index (χ4v) is 7.16. The Morgan fingerprint density at radius 1 is 0.356 bits per heavy atom. The number of carbonyl (C=O) groups excluding carboxylic acids is 3. The quantitative estimate of drug-likeness (QED) is 0.0263. The SMILES string of the molecule is CC\C=C/C=C\C=C/C=C\CCCCCCCC(=O)OCC(COC(=O)CCCCCCCCCCCCCC)OC(=O)CCCCCCCCCCCCCCCC. The Kier molecular flexibility index (Phi) is 45.9. The molecule has 0 rings (SSSR count). The molecule has 0 N–H and O–H groups in total. The van der Waals surface area contributed by atoms with E-state index in [4.69, 9.17) is 14.2 Å². The lowest BCUT2D eigenvalue weighted by Gasteiger charge is -2.18. The van der Waals surface area contributed by atoms with Crippen LogP contribution in [0, 0.1) is 0 Å². The second kappa shape index (κ2) is 48.0. The normalized spacial score (nSPS) is 12.4. The van der Waals surface area contributed by atoms with Gasteiger partial charge in [-0.3, -0.25) is 14.4 Å². The molecule has 0 saturated heterocycles. The number of esters is 3. The maximum absolute atomic E-state index is 12.8. The number of carbonyl (C=O) groups is 3. The second-order valence-corrected chi connectivity index (χ2v) is 16.8. The highest BCUT2D eigenvalue weighted by Crippen LogP contribution is 2.16. The summed E-state index contributed by atoms with van der Waals surface area (Å²) < 4.78 is 16.8. The first kappa shape index (κ1) is 56.4. The van der Waals surface area contributed by atoms with Crippen molar-refractivity contribution in [3.05, 3.63) is 48.6 Å². The van der Waals surface area contributed by atoms with Gasteiger partial charge in [0.1, 0.15) is 13.2 Å². The molecule has 0 amide bonds. The second-order valence-electron chi connectivity index (χ2n) is 16.8. The Balaban J connectivity index is 4.39. The third-order valence-electron chi connectivity index (χ3n) is 10.9. The zero-order valence-electron chi connectivity index (χ0n) is 39.0. The highest BCUT2D eigenvalue weighted by molar-refractivity contribution is 5.71. The van der Waals surface area contributed by atoms with Crippen LogP contribution >= 0.6 is 0 Å². The van der Waals surface area contributed by atoms with Crippen molar-refractivity contribution in [1.29, 1.82) is 0 Å². The maximum atomic E-state index is 12.8. The average molecular weight is 827 g/mol. The van der Waals surface area contributed by atoms with E-state index in [1.807, 2.05) is 18.2 Å². The molecule has 1 unspecified atom stereocenters. The van der Waals surface area contributed by atoms with E-state index < -0.39 is 6.10 Å². The number of hydrogen-bond acceptors (Lipinski definition) is 6. The smallest absolute Gasteiger partial charge is 0.306 e. The largest absolute Gasteiger partial charge is 0.462 e. The van der Waals surface area contributed by atoms with Gasteiger partial charge >= 0.3 is 17.9 Å². The molecule has 0 spiro atoms. The van der Waals surface area contributed by atoms with E-state index in [0.717, 1.165) is 83.5 Å². The molecule has 0 saturated carbocycles. The van der Waals surface area contributed by atoms with Gasteiger partial charge < -0.3 is 14.2 Å². The van der Waals surface area contributed by atoms with Crippen molar-refractivity contribution >= 4 is 17.9 Å². The highest BCUT2D eigenvalue weighted by atomic mass is 16.6. The summed E-state index contributed by atoms with van der Waals surface area (Å²) in [4.78, 5) is 37.9. The highest BCUT2D eigenvalue weighted by Gasteiger charge is 2.19. The van der Waals surface area contributed by atoms with Gasteiger partial charge in [-0.25, -0.2) is 0 Å². The first-order chi connectivity index (χ1) is 29.0. The molecule has 0 aliphatic heterocycles. The first-order valence-corrected chi connectivity index (χ1v) is 25.2. The summed E-state index contributed by atoms with van der Waals surface area (Å²) in [6, 6.07) is 0. The van der Waals surface area contributed by atoms with E-state index >= 15 is 0 Å². The van der Waals surface area contributed by atoms with Gasteiger partial charge in [0.2, 0.25) is 0 Å². The Bertz CT molecular complexity index is 1040. The Hall–Kier alpha value is -2.63. The van der Waals surface area contributed by atoms with E-state index in [9.17, 15) is 14.4 Å². The first-order valence-electron chi connectivity index (χ1n) is 25.2. The monoisotopic (exact) mass is 827 g/mol. The van der Waals surface area contributed by atoms with Crippen molar-refractivity contribution in [2.45, 2.75) is 258 Å². The summed E-state index contributed by atoms with van der Waals surface area (Å²) in [5, 5.41) is 0. The zero-order chi connectivity index (χ0) is 43.0.